The highest BCUT2D eigenvalue weighted by Gasteiger charge is 2.36. The van der Waals surface area contributed by atoms with Crippen LogP contribution >= 0.6 is 22.9 Å². The van der Waals surface area contributed by atoms with Crippen LogP contribution in [0.4, 0.5) is 5.69 Å². The number of fused-ring (bicyclic) bond motifs is 1. The van der Waals surface area contributed by atoms with Crippen molar-refractivity contribution in [3.63, 3.8) is 0 Å². The average molecular weight is 325 g/mol. The SMILES string of the molecule is CC1(C)COCCN1C(=O)c1sc2ccc(Cl)cc2c1N. The van der Waals surface area contributed by atoms with E-state index in [1.54, 1.807) is 0 Å². The third-order valence-corrected chi connectivity index (χ3v) is 5.18. The van der Waals surface area contributed by atoms with Gasteiger partial charge >= 0.3 is 0 Å². The van der Waals surface area contributed by atoms with Crippen LogP contribution in [0.1, 0.15) is 23.5 Å². The Bertz CT molecular complexity index is 711. The van der Waals surface area contributed by atoms with Crippen molar-refractivity contribution in [1.29, 1.82) is 0 Å². The zero-order valence-electron chi connectivity index (χ0n) is 12.0. The van der Waals surface area contributed by atoms with Gasteiger partial charge in [-0.3, -0.25) is 4.79 Å². The average Bonchev–Trinajstić information content (AvgIpc) is 2.75. The molecule has 1 amide bonds. The number of carbonyl (C=O) groups is 1. The normalized spacial score (nSPS) is 18.1. The van der Waals surface area contributed by atoms with E-state index in [9.17, 15) is 4.79 Å². The third kappa shape index (κ3) is 2.50. The van der Waals surface area contributed by atoms with E-state index in [2.05, 4.69) is 0 Å². The first-order chi connectivity index (χ1) is 9.90. The third-order valence-electron chi connectivity index (χ3n) is 3.77. The minimum Gasteiger partial charge on any atom is -0.397 e. The molecule has 2 heterocycles. The lowest BCUT2D eigenvalue weighted by Crippen LogP contribution is -2.55. The van der Waals surface area contributed by atoms with E-state index in [0.29, 0.717) is 35.3 Å². The number of morpholine rings is 1. The van der Waals surface area contributed by atoms with Gasteiger partial charge in [0.2, 0.25) is 0 Å². The van der Waals surface area contributed by atoms with E-state index in [1.165, 1.54) is 11.3 Å². The molecule has 1 aromatic carbocycles. The second-order valence-corrected chi connectivity index (χ2v) is 7.30. The molecule has 2 N–H and O–H groups in total. The van der Waals surface area contributed by atoms with E-state index >= 15 is 0 Å². The molecule has 0 unspecified atom stereocenters. The van der Waals surface area contributed by atoms with Crippen LogP contribution in [0.3, 0.4) is 0 Å². The number of nitrogen functional groups attached to an aromatic ring is 1. The summed E-state index contributed by atoms with van der Waals surface area (Å²) < 4.78 is 6.44. The molecule has 2 aromatic rings. The first-order valence-electron chi connectivity index (χ1n) is 6.77. The first kappa shape index (κ1) is 14.6. The number of benzene rings is 1. The van der Waals surface area contributed by atoms with Crippen LogP contribution in [0.5, 0.6) is 0 Å². The summed E-state index contributed by atoms with van der Waals surface area (Å²) in [5.41, 5.74) is 6.37. The summed E-state index contributed by atoms with van der Waals surface area (Å²) in [5, 5.41) is 1.47. The van der Waals surface area contributed by atoms with Gasteiger partial charge in [-0.2, -0.15) is 0 Å². The lowest BCUT2D eigenvalue weighted by Gasteiger charge is -2.41. The van der Waals surface area contributed by atoms with Gasteiger partial charge in [0.25, 0.3) is 5.91 Å². The molecule has 1 aromatic heterocycles. The zero-order chi connectivity index (χ0) is 15.2. The smallest absolute Gasteiger partial charge is 0.266 e. The fourth-order valence-electron chi connectivity index (χ4n) is 2.61. The van der Waals surface area contributed by atoms with E-state index in [0.717, 1.165) is 10.1 Å². The summed E-state index contributed by atoms with van der Waals surface area (Å²) in [5.74, 6) is -0.0295. The number of hydrogen-bond acceptors (Lipinski definition) is 4. The topological polar surface area (TPSA) is 55.6 Å². The second-order valence-electron chi connectivity index (χ2n) is 5.81. The van der Waals surface area contributed by atoms with E-state index in [1.807, 2.05) is 36.9 Å². The molecule has 0 saturated carbocycles. The van der Waals surface area contributed by atoms with Crippen LogP contribution in [0.15, 0.2) is 18.2 Å². The quantitative estimate of drug-likeness (QED) is 0.874. The lowest BCUT2D eigenvalue weighted by atomic mass is 10.0. The fraction of sp³-hybridized carbons (Fsp3) is 0.400. The Hall–Kier alpha value is -1.30. The first-order valence-corrected chi connectivity index (χ1v) is 7.97. The molecule has 0 bridgehead atoms. The van der Waals surface area contributed by atoms with Gasteiger partial charge in [0.05, 0.1) is 24.4 Å². The Morgan fingerprint density at radius 3 is 2.95 bits per heavy atom. The van der Waals surface area contributed by atoms with Crippen molar-refractivity contribution in [2.45, 2.75) is 19.4 Å². The number of hydrogen-bond donors (Lipinski definition) is 1. The number of halogens is 1. The molecule has 1 aliphatic heterocycles. The van der Waals surface area contributed by atoms with Crippen molar-refractivity contribution in [3.05, 3.63) is 28.1 Å². The molecule has 1 fully saturated rings. The molecule has 1 saturated heterocycles. The minimum absolute atomic E-state index is 0.0295. The minimum atomic E-state index is -0.324. The van der Waals surface area contributed by atoms with Gasteiger partial charge in [-0.05, 0) is 32.0 Å². The molecular formula is C15H17ClN2O2S. The van der Waals surface area contributed by atoms with Crippen LogP contribution < -0.4 is 5.73 Å². The van der Waals surface area contributed by atoms with Crippen molar-refractivity contribution < 1.29 is 9.53 Å². The van der Waals surface area contributed by atoms with Crippen molar-refractivity contribution in [3.8, 4) is 0 Å². The van der Waals surface area contributed by atoms with Crippen molar-refractivity contribution in [2.75, 3.05) is 25.5 Å². The molecule has 4 nitrogen and oxygen atoms in total. The van der Waals surface area contributed by atoms with Gasteiger partial charge in [0.1, 0.15) is 4.88 Å². The highest BCUT2D eigenvalue weighted by molar-refractivity contribution is 7.21. The number of carbonyl (C=O) groups excluding carboxylic acids is 1. The molecule has 0 atom stereocenters. The summed E-state index contributed by atoms with van der Waals surface area (Å²) in [4.78, 5) is 15.3. The number of nitrogens with zero attached hydrogens (tertiary/aromatic N) is 1. The Kier molecular flexibility index (Phi) is 3.59. The molecule has 0 spiro atoms. The second kappa shape index (κ2) is 5.16. The van der Waals surface area contributed by atoms with Crippen LogP contribution in [-0.4, -0.2) is 36.1 Å². The van der Waals surface area contributed by atoms with Gasteiger partial charge < -0.3 is 15.4 Å². The predicted octanol–water partition coefficient (Wildman–Crippen LogP) is 3.39. The number of thiophene rings is 1. The fourth-order valence-corrected chi connectivity index (χ4v) is 3.83. The van der Waals surface area contributed by atoms with Crippen molar-refractivity contribution in [2.24, 2.45) is 0 Å². The van der Waals surface area contributed by atoms with Gasteiger partial charge in [-0.15, -0.1) is 11.3 Å². The molecule has 0 radical (unpaired) electrons. The summed E-state index contributed by atoms with van der Waals surface area (Å²) in [6, 6.07) is 5.52. The molecule has 1 aliphatic rings. The summed E-state index contributed by atoms with van der Waals surface area (Å²) in [6.07, 6.45) is 0. The Labute approximate surface area is 132 Å². The lowest BCUT2D eigenvalue weighted by molar-refractivity contribution is -0.0368. The molecule has 3 rings (SSSR count). The molecule has 112 valence electrons. The summed E-state index contributed by atoms with van der Waals surface area (Å²) in [7, 11) is 0. The number of nitrogens with two attached hydrogens (primary N) is 1. The standard InChI is InChI=1S/C15H17ClN2O2S/c1-15(2)8-20-6-5-18(15)14(19)13-12(17)10-7-9(16)3-4-11(10)21-13/h3-4,7H,5-6,8,17H2,1-2H3. The number of ether oxygens (including phenoxy) is 1. The van der Waals surface area contributed by atoms with E-state index in [-0.39, 0.29) is 11.4 Å². The van der Waals surface area contributed by atoms with Crippen molar-refractivity contribution >= 4 is 44.6 Å². The molecular weight excluding hydrogens is 308 g/mol. The van der Waals surface area contributed by atoms with Gasteiger partial charge in [-0.25, -0.2) is 0 Å². The molecule has 0 aliphatic carbocycles. The van der Waals surface area contributed by atoms with Crippen LogP contribution in [-0.2, 0) is 4.74 Å². The molecule has 21 heavy (non-hydrogen) atoms. The van der Waals surface area contributed by atoms with Crippen LogP contribution in [0.25, 0.3) is 10.1 Å². The van der Waals surface area contributed by atoms with Gasteiger partial charge in [0, 0.05) is 21.7 Å². The Morgan fingerprint density at radius 2 is 2.24 bits per heavy atom. The highest BCUT2D eigenvalue weighted by atomic mass is 35.5. The summed E-state index contributed by atoms with van der Waals surface area (Å²) in [6.45, 7) is 5.69. The number of amides is 1. The van der Waals surface area contributed by atoms with E-state index < -0.39 is 0 Å². The van der Waals surface area contributed by atoms with Gasteiger partial charge in [0.15, 0.2) is 0 Å². The highest BCUT2D eigenvalue weighted by Crippen LogP contribution is 2.37. The van der Waals surface area contributed by atoms with Crippen LogP contribution in [0, 0.1) is 0 Å². The summed E-state index contributed by atoms with van der Waals surface area (Å²) >= 11 is 7.43. The monoisotopic (exact) mass is 324 g/mol. The number of rotatable bonds is 1. The van der Waals surface area contributed by atoms with E-state index in [4.69, 9.17) is 22.1 Å². The maximum atomic E-state index is 12.9. The van der Waals surface area contributed by atoms with Gasteiger partial charge in [-0.1, -0.05) is 11.6 Å². The Balaban J connectivity index is 2.03. The zero-order valence-corrected chi connectivity index (χ0v) is 13.6. The van der Waals surface area contributed by atoms with Crippen LogP contribution in [0.2, 0.25) is 5.02 Å². The molecule has 6 heteroatoms. The van der Waals surface area contributed by atoms with Crippen molar-refractivity contribution in [1.82, 2.24) is 4.90 Å². The number of anilines is 1. The predicted molar refractivity (Wildman–Crippen MR) is 87.2 cm³/mol. The maximum Gasteiger partial charge on any atom is 0.266 e. The largest absolute Gasteiger partial charge is 0.397 e. The maximum absolute atomic E-state index is 12.9. The Morgan fingerprint density at radius 1 is 1.48 bits per heavy atom.